The molecule has 0 aliphatic carbocycles. The number of allylic oxidation sites excluding steroid dienone is 2. The van der Waals surface area contributed by atoms with Crippen LogP contribution < -0.4 is 0 Å². The minimum absolute atomic E-state index is 0. The molecule has 0 spiro atoms. The Morgan fingerprint density at radius 1 is 1.67 bits per heavy atom. The minimum atomic E-state index is 0. The van der Waals surface area contributed by atoms with Gasteiger partial charge in [0, 0.05) is 32.7 Å². The summed E-state index contributed by atoms with van der Waals surface area (Å²) in [5.41, 5.74) is 0. The number of hydrogen-bond acceptors (Lipinski definition) is 1. The molecule has 31 valence electrons. The number of aldehydes is 1. The van der Waals surface area contributed by atoms with E-state index in [-0.39, 0.29) is 32.7 Å². The summed E-state index contributed by atoms with van der Waals surface area (Å²) in [6, 6.07) is 0. The molecule has 0 unspecified atom stereocenters. The Morgan fingerprint density at radius 3 is 2.17 bits per heavy atom. The van der Waals surface area contributed by atoms with Crippen LogP contribution in [0.1, 0.15) is 6.92 Å². The molecule has 0 N–H and O–H groups in total. The van der Waals surface area contributed by atoms with Crippen LogP contribution in [0.2, 0.25) is 0 Å². The van der Waals surface area contributed by atoms with Crippen LogP contribution in [0.4, 0.5) is 0 Å². The predicted molar refractivity (Wildman–Crippen MR) is 19.6 cm³/mol. The fourth-order valence-corrected chi connectivity index (χ4v) is 0.0680. The van der Waals surface area contributed by atoms with Crippen LogP contribution in [-0.2, 0) is 37.5 Å². The normalized spacial score (nSPS) is 7.50. The van der Waals surface area contributed by atoms with Gasteiger partial charge in [0.25, 0.3) is 0 Å². The van der Waals surface area contributed by atoms with Crippen LogP contribution in [0.5, 0.6) is 0 Å². The number of carbonyl (C=O) groups excluding carboxylic acids is 1. The topological polar surface area (TPSA) is 17.1 Å². The van der Waals surface area contributed by atoms with Gasteiger partial charge in [-0.05, 0) is 6.29 Å². The summed E-state index contributed by atoms with van der Waals surface area (Å²) < 4.78 is 0. The van der Waals surface area contributed by atoms with Gasteiger partial charge in [0.2, 0.25) is 0 Å². The average molecular weight is 158 g/mol. The molecule has 0 bridgehead atoms. The van der Waals surface area contributed by atoms with E-state index in [1.807, 2.05) is 0 Å². The van der Waals surface area contributed by atoms with Gasteiger partial charge in [-0.2, -0.15) is 0 Å². The van der Waals surface area contributed by atoms with Gasteiger partial charge < -0.3 is 4.79 Å². The van der Waals surface area contributed by atoms with E-state index in [1.165, 1.54) is 6.08 Å². The third kappa shape index (κ3) is 8.82. The zero-order valence-corrected chi connectivity index (χ0v) is 6.48. The summed E-state index contributed by atoms with van der Waals surface area (Å²) in [5.74, 6) is 0. The van der Waals surface area contributed by atoms with Crippen LogP contribution in [0, 0.1) is 6.08 Å². The first kappa shape index (κ1) is 9.72. The van der Waals surface area contributed by atoms with E-state index in [1.54, 1.807) is 6.92 Å². The van der Waals surface area contributed by atoms with E-state index in [9.17, 15) is 4.79 Å². The Labute approximate surface area is 62.7 Å². The fourth-order valence-electron chi connectivity index (χ4n) is 0.0680. The van der Waals surface area contributed by atoms with Gasteiger partial charge in [-0.3, -0.25) is 6.08 Å². The van der Waals surface area contributed by atoms with Crippen molar-refractivity contribution in [2.75, 3.05) is 0 Å². The van der Waals surface area contributed by atoms with Crippen LogP contribution in [0.3, 0.4) is 0 Å². The van der Waals surface area contributed by atoms with Crippen LogP contribution >= 0.6 is 0 Å². The second-order valence-corrected chi connectivity index (χ2v) is 0.591. The van der Waals surface area contributed by atoms with Gasteiger partial charge in [-0.25, -0.2) is 6.08 Å². The second-order valence-electron chi connectivity index (χ2n) is 0.591. The van der Waals surface area contributed by atoms with E-state index < -0.39 is 0 Å². The van der Waals surface area contributed by atoms with Crippen molar-refractivity contribution in [3.8, 4) is 0 Å². The van der Waals surface area contributed by atoms with Gasteiger partial charge in [-0.15, -0.1) is 6.92 Å². The second kappa shape index (κ2) is 9.10. The zero-order chi connectivity index (χ0) is 4.12. The SMILES string of the molecule is C[C-]=CC=O.[Y]. The minimum Gasteiger partial charge on any atom is -0.410 e. The first-order valence-corrected chi connectivity index (χ1v) is 1.36. The molecule has 0 fully saturated rings. The van der Waals surface area contributed by atoms with Crippen molar-refractivity contribution >= 4 is 6.29 Å². The Morgan fingerprint density at radius 2 is 2.17 bits per heavy atom. The van der Waals surface area contributed by atoms with Crippen LogP contribution in [0.15, 0.2) is 6.08 Å². The maximum atomic E-state index is 9.29. The van der Waals surface area contributed by atoms with Crippen molar-refractivity contribution < 1.29 is 37.5 Å². The van der Waals surface area contributed by atoms with E-state index in [0.717, 1.165) is 0 Å². The third-order valence-corrected chi connectivity index (χ3v) is 0.235. The maximum absolute atomic E-state index is 9.29. The molecule has 0 atom stereocenters. The average Bonchev–Trinajstić information content (AvgIpc) is 1.41. The molecule has 6 heavy (non-hydrogen) atoms. The number of hydrogen-bond donors (Lipinski definition) is 0. The summed E-state index contributed by atoms with van der Waals surface area (Å²) in [6.07, 6.45) is 4.54. The quantitative estimate of drug-likeness (QED) is 0.309. The molecule has 1 radical (unpaired) electrons. The number of carbonyl (C=O) groups is 1. The van der Waals surface area contributed by atoms with Crippen molar-refractivity contribution in [2.45, 2.75) is 6.92 Å². The first-order chi connectivity index (χ1) is 2.41. The first-order valence-electron chi connectivity index (χ1n) is 1.36. The van der Waals surface area contributed by atoms with Gasteiger partial charge in [0.05, 0.1) is 0 Å². The molecule has 1 nitrogen and oxygen atoms in total. The molecule has 0 aliphatic rings. The Kier molecular flexibility index (Phi) is 14.7. The largest absolute Gasteiger partial charge is 0.410 e. The van der Waals surface area contributed by atoms with Crippen molar-refractivity contribution in [2.24, 2.45) is 0 Å². The van der Waals surface area contributed by atoms with Crippen molar-refractivity contribution in [3.63, 3.8) is 0 Å². The zero-order valence-electron chi connectivity index (χ0n) is 3.64. The molecule has 0 saturated carbocycles. The van der Waals surface area contributed by atoms with Crippen LogP contribution in [0.25, 0.3) is 0 Å². The summed E-state index contributed by atoms with van der Waals surface area (Å²) in [6.45, 7) is 1.68. The van der Waals surface area contributed by atoms with Gasteiger partial charge >= 0.3 is 0 Å². The fraction of sp³-hybridized carbons (Fsp3) is 0.250. The Bertz CT molecular complexity index is 49.5. The smallest absolute Gasteiger partial charge is 0 e. The van der Waals surface area contributed by atoms with Crippen molar-refractivity contribution in [1.29, 1.82) is 0 Å². The third-order valence-electron chi connectivity index (χ3n) is 0.235. The van der Waals surface area contributed by atoms with Crippen LogP contribution in [-0.4, -0.2) is 6.29 Å². The van der Waals surface area contributed by atoms with E-state index in [2.05, 4.69) is 6.08 Å². The van der Waals surface area contributed by atoms with E-state index in [0.29, 0.717) is 6.29 Å². The molecule has 0 aromatic rings. The molecule has 0 heterocycles. The van der Waals surface area contributed by atoms with Crippen molar-refractivity contribution in [1.82, 2.24) is 0 Å². The molecule has 0 aliphatic heterocycles. The van der Waals surface area contributed by atoms with Gasteiger partial charge in [-0.1, -0.05) is 0 Å². The summed E-state index contributed by atoms with van der Waals surface area (Å²) in [5, 5.41) is 0. The van der Waals surface area contributed by atoms with Gasteiger partial charge in [0.15, 0.2) is 0 Å². The molecule has 0 aromatic heterocycles. The van der Waals surface area contributed by atoms with Crippen molar-refractivity contribution in [3.05, 3.63) is 12.2 Å². The maximum Gasteiger partial charge on any atom is 0 e. The molecule has 0 amide bonds. The standard InChI is InChI=1S/C4H5O.Y/c1-2-3-4-5;/h3-4H,1H3;/q-1;. The summed E-state index contributed by atoms with van der Waals surface area (Å²) >= 11 is 0. The molecule has 2 heteroatoms. The Balaban J connectivity index is 0. The molecular weight excluding hydrogens is 153 g/mol. The molecule has 0 saturated heterocycles. The monoisotopic (exact) mass is 158 g/mol. The van der Waals surface area contributed by atoms with E-state index in [4.69, 9.17) is 0 Å². The molecule has 0 rings (SSSR count). The molecular formula is C4H5OY-. The summed E-state index contributed by atoms with van der Waals surface area (Å²) in [7, 11) is 0. The molecule has 0 aromatic carbocycles. The number of rotatable bonds is 1. The summed E-state index contributed by atoms with van der Waals surface area (Å²) in [4.78, 5) is 9.29. The Hall–Kier alpha value is 0.514. The van der Waals surface area contributed by atoms with E-state index >= 15 is 0 Å². The van der Waals surface area contributed by atoms with Gasteiger partial charge in [0.1, 0.15) is 0 Å². The predicted octanol–water partition coefficient (Wildman–Crippen LogP) is 0.562.